The van der Waals surface area contributed by atoms with Gasteiger partial charge >= 0.3 is 7.48 Å². The zero-order valence-corrected chi connectivity index (χ0v) is 14.3. The maximum atomic E-state index is 14.0. The van der Waals surface area contributed by atoms with Crippen molar-refractivity contribution in [1.82, 2.24) is 4.90 Å². The van der Waals surface area contributed by atoms with Gasteiger partial charge in [-0.25, -0.2) is 4.39 Å². The molecule has 115 valence electrons. The van der Waals surface area contributed by atoms with Crippen molar-refractivity contribution in [1.29, 1.82) is 0 Å². The van der Waals surface area contributed by atoms with Crippen molar-refractivity contribution in [3.63, 3.8) is 0 Å². The number of hydrogen-bond donors (Lipinski definition) is 1. The smallest absolute Gasteiger partial charge is 0.333 e. The summed E-state index contributed by atoms with van der Waals surface area (Å²) in [4.78, 5) is 13.2. The third-order valence-corrected chi connectivity index (χ3v) is 4.15. The molecule has 1 rings (SSSR count). The second-order valence-corrected chi connectivity index (χ2v) is 7.36. The van der Waals surface area contributed by atoms with E-state index in [1.807, 2.05) is 27.7 Å². The lowest BCUT2D eigenvalue weighted by atomic mass is 9.83. The van der Waals surface area contributed by atoms with E-state index in [1.54, 1.807) is 20.2 Å². The van der Waals surface area contributed by atoms with Gasteiger partial charge in [0, 0.05) is 24.4 Å². The van der Waals surface area contributed by atoms with E-state index in [2.05, 4.69) is 12.6 Å². The van der Waals surface area contributed by atoms with Crippen molar-refractivity contribution >= 4 is 31.5 Å². The fraction of sp³-hybridized carbons (Fsp3) is 0.533. The monoisotopic (exact) mass is 310 g/mol. The molecule has 0 aromatic heterocycles. The second kappa shape index (κ2) is 6.40. The van der Waals surface area contributed by atoms with Gasteiger partial charge in [-0.15, -0.1) is 0 Å². The Kier molecular flexibility index (Phi) is 5.50. The molecular weight excluding hydrogens is 288 g/mol. The van der Waals surface area contributed by atoms with Crippen LogP contribution in [0.4, 0.5) is 4.39 Å². The molecule has 0 spiro atoms. The van der Waals surface area contributed by atoms with E-state index in [9.17, 15) is 9.18 Å². The first-order valence-electron chi connectivity index (χ1n) is 6.70. The van der Waals surface area contributed by atoms with E-state index < -0.39 is 11.4 Å². The third-order valence-electron chi connectivity index (χ3n) is 3.61. The van der Waals surface area contributed by atoms with Crippen LogP contribution in [0.5, 0.6) is 0 Å². The van der Waals surface area contributed by atoms with Crippen molar-refractivity contribution in [2.75, 3.05) is 14.1 Å². The molecule has 21 heavy (non-hydrogen) atoms. The molecule has 3 nitrogen and oxygen atoms in total. The zero-order valence-electron chi connectivity index (χ0n) is 13.4. The lowest BCUT2D eigenvalue weighted by Gasteiger charge is -2.38. The molecule has 1 amide bonds. The van der Waals surface area contributed by atoms with Gasteiger partial charge in [0.25, 0.3) is 5.91 Å². The highest BCUT2D eigenvalue weighted by Crippen LogP contribution is 2.30. The first kappa shape index (κ1) is 18.0. The molecule has 0 unspecified atom stereocenters. The summed E-state index contributed by atoms with van der Waals surface area (Å²) in [6.45, 7) is 7.63. The van der Waals surface area contributed by atoms with E-state index >= 15 is 0 Å². The van der Waals surface area contributed by atoms with E-state index in [-0.39, 0.29) is 10.7 Å². The molecule has 0 fully saturated rings. The van der Waals surface area contributed by atoms with Gasteiger partial charge in [0.2, 0.25) is 0 Å². The predicted octanol–water partition coefficient (Wildman–Crippen LogP) is 2.28. The highest BCUT2D eigenvalue weighted by atomic mass is 32.1. The summed E-state index contributed by atoms with van der Waals surface area (Å²) in [6.07, 6.45) is 0. The lowest BCUT2D eigenvalue weighted by Crippen LogP contribution is -2.46. The number of amides is 1. The van der Waals surface area contributed by atoms with E-state index in [1.165, 1.54) is 24.5 Å². The quantitative estimate of drug-likeness (QED) is 0.668. The molecule has 0 aliphatic carbocycles. The van der Waals surface area contributed by atoms with Gasteiger partial charge in [0.15, 0.2) is 0 Å². The van der Waals surface area contributed by atoms with Gasteiger partial charge in [0.05, 0.1) is 5.60 Å². The fourth-order valence-corrected chi connectivity index (χ4v) is 1.42. The van der Waals surface area contributed by atoms with E-state index in [0.29, 0.717) is 11.0 Å². The minimum Gasteiger partial charge on any atom is -0.428 e. The molecule has 0 heterocycles. The van der Waals surface area contributed by atoms with Crippen LogP contribution in [0.3, 0.4) is 0 Å². The number of hydrogen-bond acceptors (Lipinski definition) is 3. The highest BCUT2D eigenvalue weighted by molar-refractivity contribution is 7.81. The van der Waals surface area contributed by atoms with Crippen LogP contribution >= 0.6 is 12.6 Å². The number of nitrogens with zero attached hydrogens (tertiary/aromatic N) is 1. The Morgan fingerprint density at radius 1 is 1.29 bits per heavy atom. The summed E-state index contributed by atoms with van der Waals surface area (Å²) in [5.41, 5.74) is 0.0418. The predicted molar refractivity (Wildman–Crippen MR) is 88.0 cm³/mol. The molecule has 0 saturated carbocycles. The number of rotatable bonds is 5. The number of benzene rings is 1. The maximum absolute atomic E-state index is 14.0. The van der Waals surface area contributed by atoms with Crippen LogP contribution < -0.4 is 5.46 Å². The van der Waals surface area contributed by atoms with Crippen molar-refractivity contribution < 1.29 is 13.8 Å². The Morgan fingerprint density at radius 2 is 1.86 bits per heavy atom. The Labute approximate surface area is 132 Å². The average Bonchev–Trinajstić information content (AvgIpc) is 2.34. The van der Waals surface area contributed by atoms with Crippen LogP contribution in [0.2, 0.25) is 0 Å². The Hall–Kier alpha value is -1.01. The first-order valence-corrected chi connectivity index (χ1v) is 7.15. The van der Waals surface area contributed by atoms with Crippen molar-refractivity contribution in [3.05, 3.63) is 29.6 Å². The minimum absolute atomic E-state index is 0.238. The molecule has 1 radical (unpaired) electrons. The molecule has 0 N–H and O–H groups in total. The first-order chi connectivity index (χ1) is 9.45. The number of carbonyl (C=O) groups is 1. The molecule has 6 heteroatoms. The third kappa shape index (κ3) is 4.48. The number of thiol groups is 1. The van der Waals surface area contributed by atoms with Gasteiger partial charge in [-0.3, -0.25) is 4.79 Å². The number of carbonyl (C=O) groups excluding carboxylic acids is 1. The maximum Gasteiger partial charge on any atom is 0.333 e. The van der Waals surface area contributed by atoms with E-state index in [0.717, 1.165) is 0 Å². The molecule has 0 aliphatic heterocycles. The molecule has 0 saturated heterocycles. The molecule has 1 aromatic carbocycles. The van der Waals surface area contributed by atoms with Gasteiger partial charge < -0.3 is 9.55 Å². The molecule has 0 bridgehead atoms. The van der Waals surface area contributed by atoms with Gasteiger partial charge in [0.1, 0.15) is 5.82 Å². The summed E-state index contributed by atoms with van der Waals surface area (Å²) < 4.78 is 19.3. The van der Waals surface area contributed by atoms with E-state index in [4.69, 9.17) is 4.65 Å². The molecular formula is C15H22BFNO2S. The normalized spacial score (nSPS) is 12.2. The van der Waals surface area contributed by atoms with Crippen LogP contribution in [0, 0.1) is 5.82 Å². The molecule has 1 aromatic rings. The van der Waals surface area contributed by atoms with Crippen molar-refractivity contribution in [3.8, 4) is 0 Å². The SMILES string of the molecule is CN(C)C(=O)c1ccc([B]OC(C)(C)C(C)(C)S)c(F)c1. The Balaban J connectivity index is 2.86. The summed E-state index contributed by atoms with van der Waals surface area (Å²) in [5.74, 6) is -0.728. The van der Waals surface area contributed by atoms with Crippen LogP contribution in [-0.2, 0) is 4.65 Å². The summed E-state index contributed by atoms with van der Waals surface area (Å²) in [7, 11) is 4.62. The topological polar surface area (TPSA) is 29.5 Å². The molecule has 0 aliphatic rings. The Morgan fingerprint density at radius 3 is 2.29 bits per heavy atom. The Bertz CT molecular complexity index is 527. The van der Waals surface area contributed by atoms with Gasteiger partial charge in [-0.05, 0) is 45.3 Å². The van der Waals surface area contributed by atoms with Crippen LogP contribution in [0.15, 0.2) is 18.2 Å². The zero-order chi connectivity index (χ0) is 16.4. The van der Waals surface area contributed by atoms with Crippen LogP contribution in [-0.4, -0.2) is 42.7 Å². The summed E-state index contributed by atoms with van der Waals surface area (Å²) in [5, 5.41) is 0. The fourth-order valence-electron chi connectivity index (χ4n) is 1.37. The molecule has 0 atom stereocenters. The standard InChI is InChI=1S/C15H22BFNO2S/c1-14(2,15(3,4)21)20-16-11-8-7-10(9-12(11)17)13(19)18(5)6/h7-9,21H,1-6H3. The van der Waals surface area contributed by atoms with Gasteiger partial charge in [-0.2, -0.15) is 12.6 Å². The lowest BCUT2D eigenvalue weighted by molar-refractivity contribution is 0.0825. The largest absolute Gasteiger partial charge is 0.428 e. The summed E-state index contributed by atoms with van der Waals surface area (Å²) >= 11 is 4.48. The van der Waals surface area contributed by atoms with Crippen LogP contribution in [0.25, 0.3) is 0 Å². The van der Waals surface area contributed by atoms with Gasteiger partial charge in [-0.1, -0.05) is 6.07 Å². The average molecular weight is 310 g/mol. The highest BCUT2D eigenvalue weighted by Gasteiger charge is 2.34. The van der Waals surface area contributed by atoms with Crippen molar-refractivity contribution in [2.24, 2.45) is 0 Å². The second-order valence-electron chi connectivity index (χ2n) is 6.24. The summed E-state index contributed by atoms with van der Waals surface area (Å²) in [6, 6.07) is 4.34. The minimum atomic E-state index is -0.569. The number of halogens is 1. The van der Waals surface area contributed by atoms with Crippen molar-refractivity contribution in [2.45, 2.75) is 38.0 Å². The van der Waals surface area contributed by atoms with Crippen LogP contribution in [0.1, 0.15) is 38.1 Å².